The lowest BCUT2D eigenvalue weighted by atomic mass is 9.86. The lowest BCUT2D eigenvalue weighted by molar-refractivity contribution is 0.0909. The Morgan fingerprint density at radius 3 is 2.68 bits per heavy atom. The van der Waals surface area contributed by atoms with Gasteiger partial charge in [0, 0.05) is 11.6 Å². The van der Waals surface area contributed by atoms with Gasteiger partial charge in [0.2, 0.25) is 0 Å². The summed E-state index contributed by atoms with van der Waals surface area (Å²) in [4.78, 5) is 12.7. The van der Waals surface area contributed by atoms with Crippen molar-refractivity contribution in [3.8, 4) is 11.3 Å². The van der Waals surface area contributed by atoms with Crippen molar-refractivity contribution in [1.82, 2.24) is 10.5 Å². The first kappa shape index (κ1) is 14.8. The van der Waals surface area contributed by atoms with E-state index in [0.29, 0.717) is 22.9 Å². The molecule has 22 heavy (non-hydrogen) atoms. The van der Waals surface area contributed by atoms with Gasteiger partial charge in [0.05, 0.1) is 0 Å². The number of nitrogens with one attached hydrogen (secondary N) is 1. The molecule has 0 aliphatic heterocycles. The molecule has 0 spiro atoms. The number of aryl methyl sites for hydroxylation is 1. The molecule has 2 atom stereocenters. The first-order chi connectivity index (χ1) is 10.7. The highest BCUT2D eigenvalue weighted by Crippen LogP contribution is 2.27. The Kier molecular flexibility index (Phi) is 4.27. The quantitative estimate of drug-likeness (QED) is 0.933. The topological polar surface area (TPSA) is 55.1 Å². The van der Waals surface area contributed by atoms with Gasteiger partial charge in [-0.25, -0.2) is 0 Å². The van der Waals surface area contributed by atoms with Gasteiger partial charge in [-0.2, -0.15) is 0 Å². The summed E-state index contributed by atoms with van der Waals surface area (Å²) in [5, 5.41) is 7.27. The van der Waals surface area contributed by atoms with Gasteiger partial charge in [0.15, 0.2) is 0 Å². The summed E-state index contributed by atoms with van der Waals surface area (Å²) in [6, 6.07) is 9.95. The number of hydrogen-bond acceptors (Lipinski definition) is 3. The minimum atomic E-state index is -0.0728. The van der Waals surface area contributed by atoms with E-state index in [1.165, 1.54) is 19.3 Å². The van der Waals surface area contributed by atoms with Crippen LogP contribution in [0, 0.1) is 12.8 Å². The number of nitrogens with zero attached hydrogens (tertiary/aromatic N) is 1. The summed E-state index contributed by atoms with van der Waals surface area (Å²) >= 11 is 0. The molecule has 1 aliphatic carbocycles. The van der Waals surface area contributed by atoms with Crippen LogP contribution in [0.15, 0.2) is 34.9 Å². The molecule has 1 heterocycles. The fourth-order valence-corrected chi connectivity index (χ4v) is 3.20. The fraction of sp³-hybridized carbons (Fsp3) is 0.444. The van der Waals surface area contributed by atoms with Crippen molar-refractivity contribution in [3.05, 3.63) is 41.7 Å². The maximum absolute atomic E-state index is 12.7. The van der Waals surface area contributed by atoms with Gasteiger partial charge in [0.1, 0.15) is 17.0 Å². The van der Waals surface area contributed by atoms with Crippen LogP contribution in [0.25, 0.3) is 11.3 Å². The third-order valence-corrected chi connectivity index (χ3v) is 4.56. The second kappa shape index (κ2) is 6.34. The van der Waals surface area contributed by atoms with E-state index in [1.807, 2.05) is 30.3 Å². The summed E-state index contributed by atoms with van der Waals surface area (Å²) in [7, 11) is 0. The zero-order chi connectivity index (χ0) is 15.5. The van der Waals surface area contributed by atoms with Gasteiger partial charge in [-0.15, -0.1) is 0 Å². The van der Waals surface area contributed by atoms with Crippen molar-refractivity contribution < 1.29 is 9.32 Å². The first-order valence-corrected chi connectivity index (χ1v) is 7.99. The molecular formula is C18H22N2O2. The predicted octanol–water partition coefficient (Wildman–Crippen LogP) is 3.96. The highest BCUT2D eigenvalue weighted by molar-refractivity contribution is 6.00. The van der Waals surface area contributed by atoms with Gasteiger partial charge in [-0.3, -0.25) is 4.79 Å². The van der Waals surface area contributed by atoms with E-state index >= 15 is 0 Å². The molecule has 0 saturated heterocycles. The molecule has 0 radical (unpaired) electrons. The smallest absolute Gasteiger partial charge is 0.257 e. The average Bonchev–Trinajstić information content (AvgIpc) is 2.92. The molecule has 1 amide bonds. The number of carbonyl (C=O) groups excluding carboxylic acids is 1. The monoisotopic (exact) mass is 298 g/mol. The maximum atomic E-state index is 12.7. The van der Waals surface area contributed by atoms with E-state index in [-0.39, 0.29) is 11.9 Å². The summed E-state index contributed by atoms with van der Waals surface area (Å²) in [6.07, 6.45) is 4.68. The minimum Gasteiger partial charge on any atom is -0.360 e. The van der Waals surface area contributed by atoms with Crippen LogP contribution in [0.2, 0.25) is 0 Å². The SMILES string of the molecule is Cc1onc(-c2ccccc2)c1C(=O)NC1CCCCC1C. The molecule has 0 bridgehead atoms. The van der Waals surface area contributed by atoms with Crippen molar-refractivity contribution >= 4 is 5.91 Å². The number of rotatable bonds is 3. The van der Waals surface area contributed by atoms with Crippen LogP contribution in [0.4, 0.5) is 0 Å². The minimum absolute atomic E-state index is 0.0728. The Morgan fingerprint density at radius 2 is 1.95 bits per heavy atom. The molecule has 116 valence electrons. The molecule has 4 heteroatoms. The van der Waals surface area contributed by atoms with Crippen LogP contribution in [-0.4, -0.2) is 17.1 Å². The molecule has 1 saturated carbocycles. The molecule has 4 nitrogen and oxygen atoms in total. The van der Waals surface area contributed by atoms with E-state index in [0.717, 1.165) is 12.0 Å². The summed E-state index contributed by atoms with van der Waals surface area (Å²) < 4.78 is 5.28. The van der Waals surface area contributed by atoms with Crippen molar-refractivity contribution in [2.75, 3.05) is 0 Å². The van der Waals surface area contributed by atoms with Gasteiger partial charge >= 0.3 is 0 Å². The van der Waals surface area contributed by atoms with Gasteiger partial charge in [-0.1, -0.05) is 55.3 Å². The predicted molar refractivity (Wildman–Crippen MR) is 85.6 cm³/mol. The van der Waals surface area contributed by atoms with Gasteiger partial charge < -0.3 is 9.84 Å². The molecule has 1 aliphatic rings. The second-order valence-corrected chi connectivity index (χ2v) is 6.17. The normalized spacial score (nSPS) is 21.5. The van der Waals surface area contributed by atoms with Crippen LogP contribution >= 0.6 is 0 Å². The van der Waals surface area contributed by atoms with E-state index in [4.69, 9.17) is 4.52 Å². The average molecular weight is 298 g/mol. The highest BCUT2D eigenvalue weighted by atomic mass is 16.5. The van der Waals surface area contributed by atoms with Crippen molar-refractivity contribution in [1.29, 1.82) is 0 Å². The number of carbonyl (C=O) groups is 1. The van der Waals surface area contributed by atoms with Crippen LogP contribution in [0.3, 0.4) is 0 Å². The van der Waals surface area contributed by atoms with E-state index < -0.39 is 0 Å². The maximum Gasteiger partial charge on any atom is 0.257 e. The lowest BCUT2D eigenvalue weighted by Gasteiger charge is -2.29. The van der Waals surface area contributed by atoms with Crippen LogP contribution in [0.5, 0.6) is 0 Å². The Bertz CT molecular complexity index is 648. The van der Waals surface area contributed by atoms with Gasteiger partial charge in [-0.05, 0) is 25.7 Å². The van der Waals surface area contributed by atoms with E-state index in [2.05, 4.69) is 17.4 Å². The Hall–Kier alpha value is -2.10. The zero-order valence-electron chi connectivity index (χ0n) is 13.1. The van der Waals surface area contributed by atoms with Crippen LogP contribution < -0.4 is 5.32 Å². The number of hydrogen-bond donors (Lipinski definition) is 1. The van der Waals surface area contributed by atoms with E-state index in [9.17, 15) is 4.79 Å². The third-order valence-electron chi connectivity index (χ3n) is 4.56. The highest BCUT2D eigenvalue weighted by Gasteiger charge is 2.27. The largest absolute Gasteiger partial charge is 0.360 e. The molecule has 2 unspecified atom stereocenters. The number of benzene rings is 1. The van der Waals surface area contributed by atoms with E-state index in [1.54, 1.807) is 6.92 Å². The molecule has 3 rings (SSSR count). The number of amides is 1. The Labute approximate surface area is 130 Å². The Balaban J connectivity index is 1.85. The molecule has 1 aromatic carbocycles. The van der Waals surface area contributed by atoms with Crippen LogP contribution in [0.1, 0.15) is 48.7 Å². The lowest BCUT2D eigenvalue weighted by Crippen LogP contribution is -2.41. The zero-order valence-corrected chi connectivity index (χ0v) is 13.1. The summed E-state index contributed by atoms with van der Waals surface area (Å²) in [5.74, 6) is 1.02. The van der Waals surface area contributed by atoms with Gasteiger partial charge in [0.25, 0.3) is 5.91 Å². The molecule has 1 aromatic heterocycles. The van der Waals surface area contributed by atoms with Crippen molar-refractivity contribution in [2.24, 2.45) is 5.92 Å². The third kappa shape index (κ3) is 2.91. The molecule has 1 N–H and O–H groups in total. The Morgan fingerprint density at radius 1 is 1.23 bits per heavy atom. The standard InChI is InChI=1S/C18H22N2O2/c1-12-8-6-7-11-15(12)19-18(21)16-13(2)22-20-17(16)14-9-4-3-5-10-14/h3-5,9-10,12,15H,6-8,11H2,1-2H3,(H,19,21). The number of aromatic nitrogens is 1. The summed E-state index contributed by atoms with van der Waals surface area (Å²) in [6.45, 7) is 4.00. The summed E-state index contributed by atoms with van der Waals surface area (Å²) in [5.41, 5.74) is 2.09. The molecule has 2 aromatic rings. The first-order valence-electron chi connectivity index (χ1n) is 7.99. The van der Waals surface area contributed by atoms with Crippen molar-refractivity contribution in [2.45, 2.75) is 45.6 Å². The fourth-order valence-electron chi connectivity index (χ4n) is 3.20. The second-order valence-electron chi connectivity index (χ2n) is 6.17. The molecule has 1 fully saturated rings. The van der Waals surface area contributed by atoms with Crippen molar-refractivity contribution in [3.63, 3.8) is 0 Å². The molecular weight excluding hydrogens is 276 g/mol. The van der Waals surface area contributed by atoms with Crippen LogP contribution in [-0.2, 0) is 0 Å².